The van der Waals surface area contributed by atoms with Crippen LogP contribution in [0.15, 0.2) is 0 Å². The quantitative estimate of drug-likeness (QED) is 0.435. The molecule has 0 spiro atoms. The Morgan fingerprint density at radius 1 is 1.00 bits per heavy atom. The Kier molecular flexibility index (Phi) is 175. The SMILES string of the molecule is O.O.[Ca+2].[H-].[H-].[PbH2]. The van der Waals surface area contributed by atoms with Crippen LogP contribution in [0.2, 0.25) is 0 Å². The minimum atomic E-state index is 0. The Labute approximate surface area is 77.7 Å². The van der Waals surface area contributed by atoms with Gasteiger partial charge in [-0.15, -0.1) is 0 Å². The van der Waals surface area contributed by atoms with Crippen molar-refractivity contribution in [3.8, 4) is 0 Å². The molecule has 2 nitrogen and oxygen atoms in total. The van der Waals surface area contributed by atoms with Crippen molar-refractivity contribution in [3.63, 3.8) is 0 Å². The van der Waals surface area contributed by atoms with Crippen molar-refractivity contribution in [3.05, 3.63) is 0 Å². The molecule has 4 heavy (non-hydrogen) atoms. The van der Waals surface area contributed by atoms with E-state index in [2.05, 4.69) is 0 Å². The molecule has 0 saturated heterocycles. The van der Waals surface area contributed by atoms with Crippen LogP contribution in [-0.4, -0.2) is 76.0 Å². The van der Waals surface area contributed by atoms with Crippen LogP contribution in [0.1, 0.15) is 2.85 Å². The second kappa shape index (κ2) is 19.4. The molecule has 0 unspecified atom stereocenters. The van der Waals surface area contributed by atoms with E-state index in [0.717, 1.165) is 0 Å². The van der Waals surface area contributed by atoms with Crippen molar-refractivity contribution in [1.82, 2.24) is 0 Å². The molecule has 26 valence electrons. The monoisotopic (exact) mass is 288 g/mol. The second-order valence-electron chi connectivity index (χ2n) is 0. The molecule has 0 fully saturated rings. The zero-order chi connectivity index (χ0) is 0. The van der Waals surface area contributed by atoms with E-state index in [4.69, 9.17) is 0 Å². The fourth-order valence-corrected chi connectivity index (χ4v) is 0. The van der Waals surface area contributed by atoms with Crippen LogP contribution in [-0.2, 0) is 0 Å². The van der Waals surface area contributed by atoms with Crippen molar-refractivity contribution in [1.29, 1.82) is 0 Å². The molecule has 0 aromatic heterocycles. The van der Waals surface area contributed by atoms with Gasteiger partial charge in [0.25, 0.3) is 0 Å². The van der Waals surface area contributed by atoms with Gasteiger partial charge in [-0.05, 0) is 0 Å². The normalized spacial score (nSPS) is 0. The fraction of sp³-hybridized carbons (Fsp3) is 0. The van der Waals surface area contributed by atoms with E-state index in [1.165, 1.54) is 0 Å². The molecule has 0 aliphatic carbocycles. The predicted octanol–water partition coefficient (Wildman–Crippen LogP) is -2.72. The summed E-state index contributed by atoms with van der Waals surface area (Å²) in [6.07, 6.45) is 0. The van der Waals surface area contributed by atoms with Crippen LogP contribution in [0.4, 0.5) is 0 Å². The molecule has 0 atom stereocenters. The molecular formula is H8CaO2Pb. The van der Waals surface area contributed by atoms with Gasteiger partial charge in [0, 0.05) is 0 Å². The number of hydrogen-bond donors (Lipinski definition) is 0. The predicted molar refractivity (Wildman–Crippen MR) is 23.7 cm³/mol. The summed E-state index contributed by atoms with van der Waals surface area (Å²) < 4.78 is 0. The summed E-state index contributed by atoms with van der Waals surface area (Å²) in [5, 5.41) is 0. The maximum atomic E-state index is 0. The Hall–Kier alpha value is 2.10. The summed E-state index contributed by atoms with van der Waals surface area (Å²) in [6.45, 7) is 0. The van der Waals surface area contributed by atoms with Crippen LogP contribution in [0, 0.1) is 0 Å². The molecule has 0 aliphatic heterocycles. The van der Waals surface area contributed by atoms with Gasteiger partial charge in [-0.25, -0.2) is 0 Å². The molecule has 0 amide bonds. The van der Waals surface area contributed by atoms with Crippen LogP contribution < -0.4 is 0 Å². The van der Waals surface area contributed by atoms with E-state index in [-0.39, 0.29) is 78.8 Å². The van der Waals surface area contributed by atoms with Gasteiger partial charge in [-0.2, -0.15) is 0 Å². The molecule has 0 saturated carbocycles. The van der Waals surface area contributed by atoms with Crippen LogP contribution in [0.25, 0.3) is 0 Å². The van der Waals surface area contributed by atoms with Crippen molar-refractivity contribution in [2.45, 2.75) is 0 Å². The van der Waals surface area contributed by atoms with Crippen molar-refractivity contribution in [2.24, 2.45) is 0 Å². The topological polar surface area (TPSA) is 63.0 Å². The average molecular weight is 287 g/mol. The Bertz CT molecular complexity index is 11.5. The summed E-state index contributed by atoms with van der Waals surface area (Å²) in [5.74, 6) is 0. The molecular weight excluding hydrogens is 279 g/mol. The van der Waals surface area contributed by atoms with Gasteiger partial charge in [0.2, 0.25) is 0 Å². The first-order valence-electron chi connectivity index (χ1n) is 0. The van der Waals surface area contributed by atoms with E-state index in [0.29, 0.717) is 0 Å². The van der Waals surface area contributed by atoms with Crippen molar-refractivity contribution < 1.29 is 13.8 Å². The van der Waals surface area contributed by atoms with E-state index in [9.17, 15) is 0 Å². The standard InChI is InChI=1S/Ca.2H2O.Pb.4H/h;2*1H2;;;;;/q+2;;;;;;2*-1. The second-order valence-corrected chi connectivity index (χ2v) is 0. The van der Waals surface area contributed by atoms with Gasteiger partial charge in [0.05, 0.1) is 0 Å². The van der Waals surface area contributed by atoms with Gasteiger partial charge in [-0.1, -0.05) is 0 Å². The molecule has 2 radical (unpaired) electrons. The zero-order valence-electron chi connectivity index (χ0n) is 4.41. The van der Waals surface area contributed by atoms with Crippen molar-refractivity contribution >= 4 is 65.0 Å². The molecule has 4 heteroatoms. The number of hydrogen-bond acceptors (Lipinski definition) is 0. The Morgan fingerprint density at radius 3 is 1.00 bits per heavy atom. The van der Waals surface area contributed by atoms with E-state index in [1.54, 1.807) is 0 Å². The minimum absolute atomic E-state index is 0. The molecule has 0 bridgehead atoms. The fourth-order valence-electron chi connectivity index (χ4n) is 0. The molecule has 0 heterocycles. The summed E-state index contributed by atoms with van der Waals surface area (Å²) in [7, 11) is 0. The van der Waals surface area contributed by atoms with Gasteiger partial charge < -0.3 is 13.8 Å². The van der Waals surface area contributed by atoms with Crippen LogP contribution in [0.3, 0.4) is 0 Å². The third kappa shape index (κ3) is 8.93. The van der Waals surface area contributed by atoms with Crippen LogP contribution in [0.5, 0.6) is 0 Å². The average Bonchev–Trinajstić information content (AvgIpc) is 0. The van der Waals surface area contributed by atoms with E-state index >= 15 is 0 Å². The Morgan fingerprint density at radius 2 is 1.00 bits per heavy atom. The maximum absolute atomic E-state index is 0. The summed E-state index contributed by atoms with van der Waals surface area (Å²) >= 11 is 0. The summed E-state index contributed by atoms with van der Waals surface area (Å²) in [5.41, 5.74) is 0. The molecule has 0 aromatic carbocycles. The molecule has 0 aliphatic rings. The van der Waals surface area contributed by atoms with Crippen LogP contribution >= 0.6 is 0 Å². The first-order chi connectivity index (χ1) is 0. The van der Waals surface area contributed by atoms with Gasteiger partial charge in [0.1, 0.15) is 0 Å². The van der Waals surface area contributed by atoms with Crippen molar-refractivity contribution in [2.75, 3.05) is 0 Å². The molecule has 0 rings (SSSR count). The Balaban J connectivity index is 0. The van der Waals surface area contributed by atoms with E-state index < -0.39 is 0 Å². The zero-order valence-corrected chi connectivity index (χ0v) is 10.1. The molecule has 4 N–H and O–H groups in total. The van der Waals surface area contributed by atoms with Gasteiger partial charge in [-0.3, -0.25) is 0 Å². The number of rotatable bonds is 0. The van der Waals surface area contributed by atoms with Gasteiger partial charge >= 0.3 is 65.0 Å². The third-order valence-electron chi connectivity index (χ3n) is 0. The first kappa shape index (κ1) is 36.0. The molecule has 0 aromatic rings. The summed E-state index contributed by atoms with van der Waals surface area (Å²) in [6, 6.07) is 0. The third-order valence-corrected chi connectivity index (χ3v) is 0. The first-order valence-corrected chi connectivity index (χ1v) is 0. The summed E-state index contributed by atoms with van der Waals surface area (Å²) in [4.78, 5) is 0. The van der Waals surface area contributed by atoms with Gasteiger partial charge in [0.15, 0.2) is 0 Å². The van der Waals surface area contributed by atoms with E-state index in [1.807, 2.05) is 0 Å².